The number of rotatable bonds is 2. The van der Waals surface area contributed by atoms with Gasteiger partial charge in [-0.2, -0.15) is 0 Å². The van der Waals surface area contributed by atoms with Gasteiger partial charge in [0.2, 0.25) is 0 Å². The van der Waals surface area contributed by atoms with E-state index in [0.29, 0.717) is 18.7 Å². The molecule has 1 aliphatic rings. The normalized spacial score (nSPS) is 17.9. The lowest BCUT2D eigenvalue weighted by atomic mass is 10.0. The molecular formula is C14H19N3O3. The molecular weight excluding hydrogens is 258 g/mol. The number of hydrogen-bond acceptors (Lipinski definition) is 4. The summed E-state index contributed by atoms with van der Waals surface area (Å²) in [7, 11) is 0. The zero-order valence-corrected chi connectivity index (χ0v) is 12.0. The number of piperazine rings is 1. The van der Waals surface area contributed by atoms with Gasteiger partial charge in [-0.1, -0.05) is 0 Å². The Bertz CT molecular complexity index is 555. The van der Waals surface area contributed by atoms with E-state index in [4.69, 9.17) is 0 Å². The van der Waals surface area contributed by atoms with Crippen molar-refractivity contribution in [3.8, 4) is 0 Å². The first-order valence-electron chi connectivity index (χ1n) is 6.59. The van der Waals surface area contributed by atoms with Crippen LogP contribution in [0.1, 0.15) is 29.8 Å². The number of nitro benzene ring substituents is 1. The van der Waals surface area contributed by atoms with Crippen molar-refractivity contribution < 1.29 is 9.72 Å². The third-order valence-corrected chi connectivity index (χ3v) is 3.38. The fourth-order valence-corrected chi connectivity index (χ4v) is 2.49. The summed E-state index contributed by atoms with van der Waals surface area (Å²) in [6, 6.07) is 4.52. The summed E-state index contributed by atoms with van der Waals surface area (Å²) in [5, 5.41) is 14.2. The summed E-state index contributed by atoms with van der Waals surface area (Å²) in [6.07, 6.45) is 0. The minimum absolute atomic E-state index is 0.0391. The maximum Gasteiger partial charge on any atom is 0.270 e. The topological polar surface area (TPSA) is 75.5 Å². The lowest BCUT2D eigenvalue weighted by Gasteiger charge is -2.39. The highest BCUT2D eigenvalue weighted by Crippen LogP contribution is 2.20. The average molecular weight is 277 g/mol. The Hall–Kier alpha value is -1.95. The maximum absolute atomic E-state index is 12.5. The number of amides is 1. The van der Waals surface area contributed by atoms with Gasteiger partial charge in [-0.3, -0.25) is 14.9 Å². The van der Waals surface area contributed by atoms with E-state index in [1.165, 1.54) is 12.1 Å². The Kier molecular flexibility index (Phi) is 3.76. The number of nitrogens with one attached hydrogen (secondary N) is 1. The molecule has 1 aromatic rings. The van der Waals surface area contributed by atoms with Crippen LogP contribution in [0.3, 0.4) is 0 Å². The molecule has 0 bridgehead atoms. The number of non-ortho nitro benzene ring substituents is 1. The first-order valence-corrected chi connectivity index (χ1v) is 6.59. The number of hydrogen-bond donors (Lipinski definition) is 1. The van der Waals surface area contributed by atoms with Gasteiger partial charge in [0.1, 0.15) is 0 Å². The molecule has 1 aromatic carbocycles. The Morgan fingerprint density at radius 1 is 1.40 bits per heavy atom. The van der Waals surface area contributed by atoms with E-state index in [2.05, 4.69) is 5.32 Å². The van der Waals surface area contributed by atoms with Gasteiger partial charge in [0.05, 0.1) is 4.92 Å². The first kappa shape index (κ1) is 14.5. The summed E-state index contributed by atoms with van der Waals surface area (Å²) in [5.41, 5.74) is 0.929. The molecule has 1 heterocycles. The molecule has 0 unspecified atom stereocenters. The molecule has 1 aliphatic heterocycles. The third-order valence-electron chi connectivity index (χ3n) is 3.38. The van der Waals surface area contributed by atoms with E-state index in [-0.39, 0.29) is 17.1 Å². The molecule has 6 heteroatoms. The average Bonchev–Trinajstić information content (AvgIpc) is 2.35. The minimum atomic E-state index is -0.467. The molecule has 2 rings (SSSR count). The Balaban J connectivity index is 2.27. The zero-order chi connectivity index (χ0) is 14.9. The lowest BCUT2D eigenvalue weighted by molar-refractivity contribution is -0.384. The number of benzene rings is 1. The van der Waals surface area contributed by atoms with Crippen LogP contribution in [-0.2, 0) is 0 Å². The number of nitrogens with zero attached hydrogens (tertiary/aromatic N) is 2. The van der Waals surface area contributed by atoms with E-state index >= 15 is 0 Å². The van der Waals surface area contributed by atoms with E-state index in [1.54, 1.807) is 17.9 Å². The second kappa shape index (κ2) is 5.20. The van der Waals surface area contributed by atoms with Crippen molar-refractivity contribution in [3.63, 3.8) is 0 Å². The zero-order valence-electron chi connectivity index (χ0n) is 12.0. The van der Waals surface area contributed by atoms with Crippen LogP contribution in [-0.4, -0.2) is 40.9 Å². The summed E-state index contributed by atoms with van der Waals surface area (Å²) in [5.74, 6) is -0.147. The van der Waals surface area contributed by atoms with Gasteiger partial charge in [0, 0.05) is 42.9 Å². The SMILES string of the molecule is Cc1cc(C(=O)N2CCNC(C)(C)C2)cc([N+](=O)[O-])c1. The van der Waals surface area contributed by atoms with E-state index in [1.807, 2.05) is 13.8 Å². The summed E-state index contributed by atoms with van der Waals surface area (Å²) < 4.78 is 0. The molecule has 108 valence electrons. The highest BCUT2D eigenvalue weighted by atomic mass is 16.6. The van der Waals surface area contributed by atoms with Crippen LogP contribution in [0.15, 0.2) is 18.2 Å². The molecule has 1 amide bonds. The second-order valence-electron chi connectivity index (χ2n) is 5.85. The standard InChI is InChI=1S/C14H19N3O3/c1-10-6-11(8-12(7-10)17(19)20)13(18)16-5-4-15-14(2,3)9-16/h6-8,15H,4-5,9H2,1-3H3. The van der Waals surface area contributed by atoms with Crippen molar-refractivity contribution in [2.45, 2.75) is 26.3 Å². The van der Waals surface area contributed by atoms with Gasteiger partial charge in [-0.05, 0) is 32.4 Å². The number of aryl methyl sites for hydroxylation is 1. The molecule has 1 saturated heterocycles. The van der Waals surface area contributed by atoms with Crippen molar-refractivity contribution in [3.05, 3.63) is 39.4 Å². The van der Waals surface area contributed by atoms with Crippen LogP contribution in [0.25, 0.3) is 0 Å². The maximum atomic E-state index is 12.5. The Labute approximate surface area is 117 Å². The quantitative estimate of drug-likeness (QED) is 0.660. The molecule has 1 N–H and O–H groups in total. The van der Waals surface area contributed by atoms with Gasteiger partial charge < -0.3 is 10.2 Å². The summed E-state index contributed by atoms with van der Waals surface area (Å²) in [6.45, 7) is 7.76. The van der Waals surface area contributed by atoms with Crippen molar-refractivity contribution >= 4 is 11.6 Å². The van der Waals surface area contributed by atoms with Crippen LogP contribution in [0.5, 0.6) is 0 Å². The van der Waals surface area contributed by atoms with Crippen molar-refractivity contribution in [2.24, 2.45) is 0 Å². The molecule has 0 spiro atoms. The molecule has 0 aliphatic carbocycles. The summed E-state index contributed by atoms with van der Waals surface area (Å²) >= 11 is 0. The van der Waals surface area contributed by atoms with Crippen LogP contribution in [0.4, 0.5) is 5.69 Å². The molecule has 20 heavy (non-hydrogen) atoms. The van der Waals surface area contributed by atoms with Gasteiger partial charge >= 0.3 is 0 Å². The summed E-state index contributed by atoms with van der Waals surface area (Å²) in [4.78, 5) is 24.6. The Morgan fingerprint density at radius 2 is 2.10 bits per heavy atom. The van der Waals surface area contributed by atoms with Crippen LogP contribution in [0.2, 0.25) is 0 Å². The monoisotopic (exact) mass is 277 g/mol. The third kappa shape index (κ3) is 3.14. The van der Waals surface area contributed by atoms with Crippen molar-refractivity contribution in [1.82, 2.24) is 10.2 Å². The molecule has 1 fully saturated rings. The fraction of sp³-hybridized carbons (Fsp3) is 0.500. The molecule has 0 aromatic heterocycles. The predicted molar refractivity (Wildman–Crippen MR) is 75.8 cm³/mol. The number of nitro groups is 1. The van der Waals surface area contributed by atoms with Crippen LogP contribution in [0, 0.1) is 17.0 Å². The Morgan fingerprint density at radius 3 is 2.70 bits per heavy atom. The van der Waals surface area contributed by atoms with Crippen LogP contribution < -0.4 is 5.32 Å². The first-order chi connectivity index (χ1) is 9.28. The van der Waals surface area contributed by atoms with Crippen LogP contribution >= 0.6 is 0 Å². The number of carbonyl (C=O) groups is 1. The van der Waals surface area contributed by atoms with E-state index in [9.17, 15) is 14.9 Å². The fourth-order valence-electron chi connectivity index (χ4n) is 2.49. The van der Waals surface area contributed by atoms with Gasteiger partial charge in [0.15, 0.2) is 0 Å². The molecule has 0 saturated carbocycles. The molecule has 6 nitrogen and oxygen atoms in total. The van der Waals surface area contributed by atoms with Gasteiger partial charge in [0.25, 0.3) is 11.6 Å². The molecule has 0 atom stereocenters. The number of carbonyl (C=O) groups excluding carboxylic acids is 1. The van der Waals surface area contributed by atoms with Gasteiger partial charge in [-0.25, -0.2) is 0 Å². The second-order valence-corrected chi connectivity index (χ2v) is 5.85. The van der Waals surface area contributed by atoms with Crippen molar-refractivity contribution in [2.75, 3.05) is 19.6 Å². The largest absolute Gasteiger partial charge is 0.336 e. The predicted octanol–water partition coefficient (Wildman–Crippen LogP) is 1.73. The van der Waals surface area contributed by atoms with Gasteiger partial charge in [-0.15, -0.1) is 0 Å². The smallest absolute Gasteiger partial charge is 0.270 e. The highest BCUT2D eigenvalue weighted by molar-refractivity contribution is 5.95. The molecule has 0 radical (unpaired) electrons. The highest BCUT2D eigenvalue weighted by Gasteiger charge is 2.29. The minimum Gasteiger partial charge on any atom is -0.336 e. The van der Waals surface area contributed by atoms with E-state index < -0.39 is 4.92 Å². The lowest BCUT2D eigenvalue weighted by Crippen LogP contribution is -2.58. The van der Waals surface area contributed by atoms with Crippen molar-refractivity contribution in [1.29, 1.82) is 0 Å². The van der Waals surface area contributed by atoms with E-state index in [0.717, 1.165) is 12.1 Å².